The van der Waals surface area contributed by atoms with Crippen molar-refractivity contribution >= 4 is 16.1 Å². The molecule has 0 spiro atoms. The van der Waals surface area contributed by atoms with Gasteiger partial charge in [0.05, 0.1) is 29.7 Å². The van der Waals surface area contributed by atoms with Crippen LogP contribution >= 0.6 is 0 Å². The maximum absolute atomic E-state index is 13.7. The summed E-state index contributed by atoms with van der Waals surface area (Å²) in [5.41, 5.74) is 1.79. The first-order chi connectivity index (χ1) is 19.3. The summed E-state index contributed by atoms with van der Waals surface area (Å²) in [7, 11) is -4.19. The maximum Gasteiger partial charge on any atom is 0.404 e. The number of hydrogen-bond acceptors (Lipinski definition) is 6. The number of carboxylic acid groups (broad SMARTS) is 1. The van der Waals surface area contributed by atoms with Crippen LogP contribution in [0.15, 0.2) is 89.8 Å². The Balaban J connectivity index is 1.52. The average Bonchev–Trinajstić information content (AvgIpc) is 2.97. The van der Waals surface area contributed by atoms with Crippen LogP contribution in [0.3, 0.4) is 0 Å². The number of hydroxylamine groups is 1. The molecule has 4 rings (SSSR count). The number of ether oxygens (including phenoxy) is 1. The second kappa shape index (κ2) is 14.3. The van der Waals surface area contributed by atoms with Crippen molar-refractivity contribution in [1.29, 1.82) is 0 Å². The monoisotopic (exact) mass is 568 g/mol. The highest BCUT2D eigenvalue weighted by Gasteiger charge is 2.34. The van der Waals surface area contributed by atoms with Gasteiger partial charge in [0.25, 0.3) is 10.0 Å². The smallest absolute Gasteiger partial charge is 0.404 e. The number of hydrogen-bond donors (Lipinski definition) is 3. The van der Waals surface area contributed by atoms with E-state index in [0.717, 1.165) is 34.9 Å². The van der Waals surface area contributed by atoms with Gasteiger partial charge < -0.3 is 20.3 Å². The summed E-state index contributed by atoms with van der Waals surface area (Å²) >= 11 is 0. The third kappa shape index (κ3) is 8.53. The number of sulfonamides is 1. The highest BCUT2D eigenvalue weighted by molar-refractivity contribution is 7.89. The van der Waals surface area contributed by atoms with Gasteiger partial charge in [0, 0.05) is 0 Å². The molecule has 0 radical (unpaired) electrons. The van der Waals surface area contributed by atoms with E-state index in [0.29, 0.717) is 25.2 Å². The molecule has 0 aliphatic heterocycles. The Labute approximate surface area is 235 Å². The average molecular weight is 569 g/mol. The van der Waals surface area contributed by atoms with Crippen LogP contribution in [-0.4, -0.2) is 54.0 Å². The predicted octanol–water partition coefficient (Wildman–Crippen LogP) is 4.76. The molecule has 214 valence electrons. The summed E-state index contributed by atoms with van der Waals surface area (Å²) < 4.78 is 34.1. The van der Waals surface area contributed by atoms with Crippen molar-refractivity contribution in [3.05, 3.63) is 96.1 Å². The first-order valence-corrected chi connectivity index (χ1v) is 14.9. The van der Waals surface area contributed by atoms with Crippen molar-refractivity contribution in [2.45, 2.75) is 68.3 Å². The summed E-state index contributed by atoms with van der Waals surface area (Å²) in [6.45, 7) is -0.0989. The van der Waals surface area contributed by atoms with Crippen molar-refractivity contribution in [3.8, 4) is 5.75 Å². The Kier molecular flexibility index (Phi) is 10.5. The van der Waals surface area contributed by atoms with E-state index in [1.807, 2.05) is 60.7 Å². The molecule has 10 heteroatoms. The molecule has 1 aliphatic carbocycles. The van der Waals surface area contributed by atoms with Crippen molar-refractivity contribution < 1.29 is 33.0 Å². The predicted molar refractivity (Wildman–Crippen MR) is 150 cm³/mol. The molecule has 0 bridgehead atoms. The van der Waals surface area contributed by atoms with Crippen molar-refractivity contribution in [2.75, 3.05) is 6.54 Å². The van der Waals surface area contributed by atoms with Gasteiger partial charge in [-0.05, 0) is 54.7 Å². The molecule has 40 heavy (non-hydrogen) atoms. The normalized spacial score (nSPS) is 15.8. The van der Waals surface area contributed by atoms with Crippen LogP contribution < -0.4 is 10.1 Å². The van der Waals surface area contributed by atoms with E-state index in [2.05, 4.69) is 5.32 Å². The van der Waals surface area contributed by atoms with Gasteiger partial charge in [-0.1, -0.05) is 84.4 Å². The lowest BCUT2D eigenvalue weighted by Gasteiger charge is -2.32. The molecule has 1 fully saturated rings. The van der Waals surface area contributed by atoms with Crippen LogP contribution in [0, 0.1) is 0 Å². The number of benzene rings is 3. The summed E-state index contributed by atoms with van der Waals surface area (Å²) in [4.78, 5) is 17.5. The van der Waals surface area contributed by atoms with Gasteiger partial charge in [-0.2, -0.15) is 0 Å². The second-order valence-corrected chi connectivity index (χ2v) is 11.7. The van der Waals surface area contributed by atoms with E-state index in [4.69, 9.17) is 9.57 Å². The van der Waals surface area contributed by atoms with Crippen molar-refractivity contribution in [3.63, 3.8) is 0 Å². The second-order valence-electron chi connectivity index (χ2n) is 9.91. The minimum Gasteiger partial charge on any atom is -0.489 e. The van der Waals surface area contributed by atoms with Gasteiger partial charge in [0.15, 0.2) is 0 Å². The minimum atomic E-state index is -4.19. The Morgan fingerprint density at radius 1 is 0.900 bits per heavy atom. The lowest BCUT2D eigenvalue weighted by Crippen LogP contribution is -2.50. The molecule has 0 heterocycles. The molecule has 1 amide bonds. The molecule has 3 N–H and O–H groups in total. The van der Waals surface area contributed by atoms with E-state index < -0.39 is 34.8 Å². The van der Waals surface area contributed by atoms with Crippen molar-refractivity contribution in [2.24, 2.45) is 0 Å². The molecule has 0 unspecified atom stereocenters. The first-order valence-electron chi connectivity index (χ1n) is 13.5. The van der Waals surface area contributed by atoms with Gasteiger partial charge >= 0.3 is 6.09 Å². The zero-order valence-corrected chi connectivity index (χ0v) is 23.1. The fourth-order valence-electron chi connectivity index (χ4n) is 4.69. The van der Waals surface area contributed by atoms with E-state index in [-0.39, 0.29) is 17.4 Å². The number of aliphatic hydroxyl groups is 1. The number of rotatable bonds is 13. The summed E-state index contributed by atoms with van der Waals surface area (Å²) in [6.07, 6.45) is 1.49. The molecule has 3 aromatic rings. The van der Waals surface area contributed by atoms with Crippen LogP contribution in [0.25, 0.3) is 0 Å². The van der Waals surface area contributed by atoms with E-state index in [1.165, 1.54) is 12.1 Å². The first kappa shape index (κ1) is 29.5. The summed E-state index contributed by atoms with van der Waals surface area (Å²) in [6, 6.07) is 23.8. The van der Waals surface area contributed by atoms with Gasteiger partial charge in [-0.15, -0.1) is 0 Å². The van der Waals surface area contributed by atoms with E-state index >= 15 is 0 Å². The van der Waals surface area contributed by atoms with Crippen LogP contribution in [0.5, 0.6) is 5.75 Å². The van der Waals surface area contributed by atoms with Crippen LogP contribution in [0.4, 0.5) is 4.79 Å². The molecule has 0 saturated heterocycles. The standard InChI is InChI=1S/C30H36N2O7S/c33-29(28(31-30(34)35)20-23-10-4-1-5-11-23)21-32(39-26-14-8-3-9-15-26)40(36,37)27-18-16-25(17-19-27)38-22-24-12-6-2-7-13-24/h1-2,4-7,10-13,16-19,26,28-29,31,33H,3,8-9,14-15,20-22H2,(H,34,35)/t28-,29+/m0/s1. The largest absolute Gasteiger partial charge is 0.489 e. The number of nitrogens with one attached hydrogen (secondary N) is 1. The van der Waals surface area contributed by atoms with Crippen LogP contribution in [-0.2, 0) is 27.9 Å². The Morgan fingerprint density at radius 3 is 2.10 bits per heavy atom. The molecule has 0 aromatic heterocycles. The van der Waals surface area contributed by atoms with Gasteiger partial charge in [-0.3, -0.25) is 4.84 Å². The Hall–Kier alpha value is -3.44. The van der Waals surface area contributed by atoms with Crippen LogP contribution in [0.2, 0.25) is 0 Å². The topological polar surface area (TPSA) is 125 Å². The Morgan fingerprint density at radius 2 is 1.50 bits per heavy atom. The zero-order chi connectivity index (χ0) is 28.4. The SMILES string of the molecule is O=C(O)N[C@@H](Cc1ccccc1)[C@H](O)CN(OC1CCCCC1)S(=O)(=O)c1ccc(OCc2ccccc2)cc1. The van der Waals surface area contributed by atoms with Gasteiger partial charge in [0.2, 0.25) is 0 Å². The minimum absolute atomic E-state index is 0.0200. The maximum atomic E-state index is 13.7. The Bertz CT molecular complexity index is 1300. The molecular formula is C30H36N2O7S. The molecule has 2 atom stereocenters. The molecule has 1 aliphatic rings. The van der Waals surface area contributed by atoms with Crippen LogP contribution in [0.1, 0.15) is 43.2 Å². The highest BCUT2D eigenvalue weighted by Crippen LogP contribution is 2.26. The van der Waals surface area contributed by atoms with Gasteiger partial charge in [0.1, 0.15) is 12.4 Å². The van der Waals surface area contributed by atoms with E-state index in [9.17, 15) is 23.4 Å². The third-order valence-corrected chi connectivity index (χ3v) is 8.50. The lowest BCUT2D eigenvalue weighted by molar-refractivity contribution is -0.156. The fourth-order valence-corrected chi connectivity index (χ4v) is 5.99. The summed E-state index contributed by atoms with van der Waals surface area (Å²) in [5.74, 6) is 0.510. The fraction of sp³-hybridized carbons (Fsp3) is 0.367. The third-order valence-electron chi connectivity index (χ3n) is 6.86. The van der Waals surface area contributed by atoms with E-state index in [1.54, 1.807) is 12.1 Å². The summed E-state index contributed by atoms with van der Waals surface area (Å²) in [5, 5.41) is 22.8. The number of amides is 1. The molecule has 9 nitrogen and oxygen atoms in total. The molecule has 3 aromatic carbocycles. The number of aliphatic hydroxyl groups excluding tert-OH is 1. The number of nitrogens with zero attached hydrogens (tertiary/aromatic N) is 1. The highest BCUT2D eigenvalue weighted by atomic mass is 32.2. The van der Waals surface area contributed by atoms with Gasteiger partial charge in [-0.25, -0.2) is 13.2 Å². The molecule has 1 saturated carbocycles. The van der Waals surface area contributed by atoms with Crippen molar-refractivity contribution in [1.82, 2.24) is 9.79 Å². The molecular weight excluding hydrogens is 532 g/mol. The zero-order valence-electron chi connectivity index (χ0n) is 22.3. The number of carbonyl (C=O) groups is 1. The quantitative estimate of drug-likeness (QED) is 0.254. The lowest BCUT2D eigenvalue weighted by atomic mass is 9.98.